The minimum absolute atomic E-state index is 0. The van der Waals surface area contributed by atoms with E-state index >= 15 is 0 Å². The first-order valence-electron chi connectivity index (χ1n) is 7.36. The van der Waals surface area contributed by atoms with Gasteiger partial charge in [-0.15, -0.1) is 24.8 Å². The van der Waals surface area contributed by atoms with E-state index < -0.39 is 0 Å². The lowest BCUT2D eigenvalue weighted by Crippen LogP contribution is -2.44. The van der Waals surface area contributed by atoms with Gasteiger partial charge in [-0.3, -0.25) is 9.69 Å². The highest BCUT2D eigenvalue weighted by Crippen LogP contribution is 2.19. The predicted molar refractivity (Wildman–Crippen MR) is 98.1 cm³/mol. The topological polar surface area (TPSA) is 44.4 Å². The molecule has 0 aliphatic carbocycles. The maximum atomic E-state index is 12.5. The van der Waals surface area contributed by atoms with Crippen molar-refractivity contribution in [1.29, 1.82) is 0 Å². The third-order valence-corrected chi connectivity index (χ3v) is 3.44. The zero-order chi connectivity index (χ0) is 15.0. The summed E-state index contributed by atoms with van der Waals surface area (Å²) < 4.78 is 0. The molecular weight excluding hydrogens is 321 g/mol. The number of benzene rings is 1. The normalized spacial score (nSPS) is 12.8. The van der Waals surface area contributed by atoms with Crippen LogP contribution in [0.15, 0.2) is 30.3 Å². The molecule has 1 aromatic rings. The maximum absolute atomic E-state index is 12.5. The van der Waals surface area contributed by atoms with Crippen LogP contribution >= 0.6 is 24.8 Å². The fourth-order valence-electron chi connectivity index (χ4n) is 2.19. The quantitative estimate of drug-likeness (QED) is 0.758. The molecule has 0 aliphatic heterocycles. The van der Waals surface area contributed by atoms with E-state index in [1.165, 1.54) is 0 Å². The fraction of sp³-hybridized carbons (Fsp3) is 0.562. The SMILES string of the molecule is CCN[C@H](C)CNC(=O)C(c1ccccc1)N(C)CC.Cl.Cl. The number of carbonyl (C=O) groups is 1. The lowest BCUT2D eigenvalue weighted by molar-refractivity contribution is -0.126. The molecule has 1 aromatic carbocycles. The molecule has 0 saturated carbocycles. The van der Waals surface area contributed by atoms with Crippen molar-refractivity contribution in [2.75, 3.05) is 26.7 Å². The summed E-state index contributed by atoms with van der Waals surface area (Å²) in [5.74, 6) is 0.0605. The summed E-state index contributed by atoms with van der Waals surface area (Å²) in [5.41, 5.74) is 1.03. The zero-order valence-electron chi connectivity index (χ0n) is 13.8. The van der Waals surface area contributed by atoms with Crippen molar-refractivity contribution in [1.82, 2.24) is 15.5 Å². The van der Waals surface area contributed by atoms with E-state index in [1.54, 1.807) is 0 Å². The minimum Gasteiger partial charge on any atom is -0.353 e. The van der Waals surface area contributed by atoms with Crippen molar-refractivity contribution in [2.45, 2.75) is 32.9 Å². The summed E-state index contributed by atoms with van der Waals surface area (Å²) in [4.78, 5) is 14.5. The van der Waals surface area contributed by atoms with Crippen molar-refractivity contribution >= 4 is 30.7 Å². The average Bonchev–Trinajstić information content (AvgIpc) is 2.46. The highest BCUT2D eigenvalue weighted by Gasteiger charge is 2.23. The monoisotopic (exact) mass is 349 g/mol. The van der Waals surface area contributed by atoms with Gasteiger partial charge in [-0.05, 0) is 32.6 Å². The van der Waals surface area contributed by atoms with E-state index in [9.17, 15) is 4.79 Å². The molecule has 6 heteroatoms. The number of rotatable bonds is 8. The van der Waals surface area contributed by atoms with Gasteiger partial charge >= 0.3 is 0 Å². The molecule has 1 unspecified atom stereocenters. The van der Waals surface area contributed by atoms with E-state index in [1.807, 2.05) is 37.4 Å². The Morgan fingerprint density at radius 1 is 1.18 bits per heavy atom. The second-order valence-electron chi connectivity index (χ2n) is 5.09. The molecule has 0 aliphatic rings. The Kier molecular flexibility index (Phi) is 13.5. The smallest absolute Gasteiger partial charge is 0.242 e. The van der Waals surface area contributed by atoms with Crippen molar-refractivity contribution < 1.29 is 4.79 Å². The Hall–Kier alpha value is -0.810. The third-order valence-electron chi connectivity index (χ3n) is 3.44. The van der Waals surface area contributed by atoms with Crippen molar-refractivity contribution in [3.63, 3.8) is 0 Å². The number of halogens is 2. The predicted octanol–water partition coefficient (Wildman–Crippen LogP) is 2.64. The number of nitrogens with zero attached hydrogens (tertiary/aromatic N) is 1. The highest BCUT2D eigenvalue weighted by molar-refractivity contribution is 5.85. The minimum atomic E-state index is -0.227. The van der Waals surface area contributed by atoms with Gasteiger partial charge in [-0.25, -0.2) is 0 Å². The third kappa shape index (κ3) is 7.45. The molecule has 2 atom stereocenters. The van der Waals surface area contributed by atoms with Crippen LogP contribution in [0.4, 0.5) is 0 Å². The summed E-state index contributed by atoms with van der Waals surface area (Å²) in [6.45, 7) is 8.59. The lowest BCUT2D eigenvalue weighted by Gasteiger charge is -2.27. The first-order chi connectivity index (χ1) is 9.60. The Morgan fingerprint density at radius 3 is 2.27 bits per heavy atom. The highest BCUT2D eigenvalue weighted by atomic mass is 35.5. The molecule has 22 heavy (non-hydrogen) atoms. The molecule has 0 bridgehead atoms. The van der Waals surface area contributed by atoms with Gasteiger partial charge in [0.15, 0.2) is 0 Å². The van der Waals surface area contributed by atoms with Crippen LogP contribution in [0.5, 0.6) is 0 Å². The first kappa shape index (κ1) is 23.5. The van der Waals surface area contributed by atoms with Crippen LogP contribution in [0.1, 0.15) is 32.4 Å². The van der Waals surface area contributed by atoms with Gasteiger partial charge < -0.3 is 10.6 Å². The summed E-state index contributed by atoms with van der Waals surface area (Å²) >= 11 is 0. The molecule has 0 saturated heterocycles. The van der Waals surface area contributed by atoms with Crippen LogP contribution in [0.3, 0.4) is 0 Å². The zero-order valence-corrected chi connectivity index (χ0v) is 15.5. The van der Waals surface area contributed by atoms with Crippen molar-refractivity contribution in [3.8, 4) is 0 Å². The average molecular weight is 350 g/mol. The van der Waals surface area contributed by atoms with Crippen LogP contribution in [0, 0.1) is 0 Å². The largest absolute Gasteiger partial charge is 0.353 e. The summed E-state index contributed by atoms with van der Waals surface area (Å²) in [6, 6.07) is 9.98. The maximum Gasteiger partial charge on any atom is 0.242 e. The Balaban J connectivity index is 0. The molecule has 1 amide bonds. The summed E-state index contributed by atoms with van der Waals surface area (Å²) in [5, 5.41) is 6.33. The van der Waals surface area contributed by atoms with Gasteiger partial charge in [0.1, 0.15) is 6.04 Å². The van der Waals surface area contributed by atoms with E-state index in [2.05, 4.69) is 36.3 Å². The van der Waals surface area contributed by atoms with Gasteiger partial charge in [0.05, 0.1) is 0 Å². The molecule has 0 fully saturated rings. The fourth-order valence-corrected chi connectivity index (χ4v) is 2.19. The molecule has 2 N–H and O–H groups in total. The van der Waals surface area contributed by atoms with Crippen LogP contribution in [0.2, 0.25) is 0 Å². The molecule has 4 nitrogen and oxygen atoms in total. The van der Waals surface area contributed by atoms with Crippen molar-refractivity contribution in [3.05, 3.63) is 35.9 Å². The molecule has 0 spiro atoms. The number of likely N-dealkylation sites (N-methyl/N-ethyl adjacent to an activating group) is 2. The Bertz CT molecular complexity index is 404. The van der Waals surface area contributed by atoms with Crippen LogP contribution in [-0.2, 0) is 4.79 Å². The van der Waals surface area contributed by atoms with E-state index in [0.717, 1.165) is 18.7 Å². The van der Waals surface area contributed by atoms with Crippen molar-refractivity contribution in [2.24, 2.45) is 0 Å². The number of nitrogens with one attached hydrogen (secondary N) is 2. The first-order valence-corrected chi connectivity index (χ1v) is 7.36. The van der Waals surface area contributed by atoms with E-state index in [0.29, 0.717) is 6.54 Å². The van der Waals surface area contributed by atoms with Gasteiger partial charge in [0.25, 0.3) is 0 Å². The van der Waals surface area contributed by atoms with Gasteiger partial charge in [-0.1, -0.05) is 44.2 Å². The Labute approximate surface area is 146 Å². The van der Waals surface area contributed by atoms with Gasteiger partial charge in [0, 0.05) is 12.6 Å². The Morgan fingerprint density at radius 2 is 1.77 bits per heavy atom. The van der Waals surface area contributed by atoms with Gasteiger partial charge in [0.2, 0.25) is 5.91 Å². The molecule has 1 rings (SSSR count). The molecule has 0 radical (unpaired) electrons. The van der Waals surface area contributed by atoms with Gasteiger partial charge in [-0.2, -0.15) is 0 Å². The van der Waals surface area contributed by atoms with Crippen LogP contribution in [0.25, 0.3) is 0 Å². The lowest BCUT2D eigenvalue weighted by atomic mass is 10.0. The molecule has 128 valence electrons. The molecular formula is C16H29Cl2N3O. The standard InChI is InChI=1S/C16H27N3O.2ClH/c1-5-17-13(3)12-18-16(20)15(19(4)6-2)14-10-8-7-9-11-14;;/h7-11,13,15,17H,5-6,12H2,1-4H3,(H,18,20);2*1H/t13-,15?;;/m1../s1. The number of hydrogen-bond donors (Lipinski definition) is 2. The summed E-state index contributed by atoms with van der Waals surface area (Å²) in [6.07, 6.45) is 0. The van der Waals surface area contributed by atoms with Crippen LogP contribution < -0.4 is 10.6 Å². The second kappa shape index (κ2) is 12.7. The number of hydrogen-bond acceptors (Lipinski definition) is 3. The second-order valence-corrected chi connectivity index (χ2v) is 5.09. The molecule has 0 aromatic heterocycles. The number of carbonyl (C=O) groups excluding carboxylic acids is 1. The number of amides is 1. The van der Waals surface area contributed by atoms with E-state index in [4.69, 9.17) is 0 Å². The van der Waals surface area contributed by atoms with E-state index in [-0.39, 0.29) is 42.8 Å². The summed E-state index contributed by atoms with van der Waals surface area (Å²) in [7, 11) is 1.98. The molecule has 0 heterocycles. The van der Waals surface area contributed by atoms with Crippen LogP contribution in [-0.4, -0.2) is 43.5 Å².